The lowest BCUT2D eigenvalue weighted by molar-refractivity contribution is -0.685. The molecule has 1 atom stereocenters. The Kier molecular flexibility index (Phi) is 4.45. The van der Waals surface area contributed by atoms with E-state index in [-0.39, 0.29) is 28.2 Å². The van der Waals surface area contributed by atoms with Crippen molar-refractivity contribution >= 4 is 11.6 Å². The van der Waals surface area contributed by atoms with Crippen LogP contribution in [0.15, 0.2) is 42.7 Å². The molecule has 4 bridgehead atoms. The van der Waals surface area contributed by atoms with E-state index >= 15 is 0 Å². The molecule has 4 aliphatic carbocycles. The Bertz CT molecular complexity index is 963. The highest BCUT2D eigenvalue weighted by Gasteiger charge is 2.65. The van der Waals surface area contributed by atoms with Crippen LogP contribution in [0.2, 0.25) is 0 Å². The van der Waals surface area contributed by atoms with E-state index in [1.807, 2.05) is 16.8 Å². The zero-order valence-electron chi connectivity index (χ0n) is 16.7. The molecule has 4 saturated carbocycles. The molecule has 1 aromatic heterocycles. The summed E-state index contributed by atoms with van der Waals surface area (Å²) in [6.45, 7) is 0.385. The van der Waals surface area contributed by atoms with Gasteiger partial charge in [-0.1, -0.05) is 4.98 Å². The highest BCUT2D eigenvalue weighted by Crippen LogP contribution is 2.60. The highest BCUT2D eigenvalue weighted by molar-refractivity contribution is 5.46. The number of nitro groups is 1. The van der Waals surface area contributed by atoms with E-state index in [4.69, 9.17) is 0 Å². The molecule has 0 spiro atoms. The molecule has 5 aliphatic rings. The summed E-state index contributed by atoms with van der Waals surface area (Å²) in [7, 11) is 0. The average Bonchev–Trinajstić information content (AvgIpc) is 3.01. The van der Waals surface area contributed by atoms with Crippen LogP contribution in [0.4, 0.5) is 11.6 Å². The number of anilines is 1. The molecule has 30 heavy (non-hydrogen) atoms. The van der Waals surface area contributed by atoms with Crippen molar-refractivity contribution in [1.82, 2.24) is 4.98 Å². The molecule has 0 radical (unpaired) electrons. The van der Waals surface area contributed by atoms with Crippen molar-refractivity contribution in [3.05, 3.63) is 58.4 Å². The Labute approximate surface area is 185 Å². The Morgan fingerprint density at radius 2 is 1.70 bits per heavy atom. The van der Waals surface area contributed by atoms with Crippen LogP contribution < -0.4 is 26.4 Å². The quantitative estimate of drug-likeness (QED) is 0.383. The zero-order valence-corrected chi connectivity index (χ0v) is 18.2. The smallest absolute Gasteiger partial charge is 0.397 e. The maximum absolute atomic E-state index is 12.1. The van der Waals surface area contributed by atoms with Gasteiger partial charge in [0, 0.05) is 23.8 Å². The molecule has 0 amide bonds. The van der Waals surface area contributed by atoms with Crippen LogP contribution in [0.5, 0.6) is 0 Å². The summed E-state index contributed by atoms with van der Waals surface area (Å²) >= 11 is 0. The summed E-state index contributed by atoms with van der Waals surface area (Å²) in [5, 5.41) is 23.2. The summed E-state index contributed by atoms with van der Waals surface area (Å²) in [5.41, 5.74) is -0.593. The van der Waals surface area contributed by atoms with Crippen molar-refractivity contribution in [2.24, 2.45) is 17.8 Å². The van der Waals surface area contributed by atoms with Gasteiger partial charge in [0.05, 0.1) is 16.7 Å². The fourth-order valence-corrected chi connectivity index (χ4v) is 7.19. The molecule has 8 heteroatoms. The third-order valence-electron chi connectivity index (χ3n) is 7.78. The monoisotopic (exact) mass is 472 g/mol. The third kappa shape index (κ3) is 2.73. The number of non-ortho nitro benzene ring substituents is 1. The van der Waals surface area contributed by atoms with E-state index in [1.165, 1.54) is 31.4 Å². The van der Waals surface area contributed by atoms with Crippen molar-refractivity contribution in [1.29, 1.82) is 0 Å². The summed E-state index contributed by atoms with van der Waals surface area (Å²) in [4.78, 5) is 17.6. The van der Waals surface area contributed by atoms with Gasteiger partial charge in [-0.05, 0) is 68.4 Å². The van der Waals surface area contributed by atoms with Crippen LogP contribution in [-0.2, 0) is 12.3 Å². The van der Waals surface area contributed by atoms with E-state index in [1.54, 1.807) is 18.3 Å². The average molecular weight is 473 g/mol. The number of fused-ring (bicyclic) bond motifs is 1. The summed E-state index contributed by atoms with van der Waals surface area (Å²) < 4.78 is 2.03. The molecule has 7 nitrogen and oxygen atoms in total. The topological polar surface area (TPSA) is 83.4 Å². The zero-order chi connectivity index (χ0) is 19.8. The van der Waals surface area contributed by atoms with Gasteiger partial charge in [0.2, 0.25) is 5.72 Å². The minimum absolute atomic E-state index is 0. The Hall–Kier alpha value is -2.06. The summed E-state index contributed by atoms with van der Waals surface area (Å²) in [6, 6.07) is 8.29. The number of rotatable bonds is 3. The van der Waals surface area contributed by atoms with E-state index in [0.29, 0.717) is 12.1 Å². The fraction of sp³-hybridized carbons (Fsp3) is 0.545. The second-order valence-electron chi connectivity index (χ2n) is 9.65. The van der Waals surface area contributed by atoms with Crippen LogP contribution >= 0.6 is 0 Å². The van der Waals surface area contributed by atoms with Crippen LogP contribution in [0, 0.1) is 27.9 Å². The van der Waals surface area contributed by atoms with Crippen LogP contribution in [-0.4, -0.2) is 20.6 Å². The number of aromatic nitrogens is 2. The van der Waals surface area contributed by atoms with Crippen molar-refractivity contribution in [3.63, 3.8) is 0 Å². The molecule has 158 valence electrons. The number of nitro benzene ring substituents is 1. The number of hydrogen-bond donors (Lipinski definition) is 1. The Morgan fingerprint density at radius 1 is 1.10 bits per heavy atom. The van der Waals surface area contributed by atoms with Gasteiger partial charge in [0.15, 0.2) is 0 Å². The largest absolute Gasteiger partial charge is 1.00 e. The van der Waals surface area contributed by atoms with Crippen LogP contribution in [0.1, 0.15) is 44.1 Å². The lowest BCUT2D eigenvalue weighted by Crippen LogP contribution is -3.00. The molecule has 4 fully saturated rings. The molecule has 1 aromatic carbocycles. The maximum Gasteiger partial charge on any atom is 0.397 e. The molecule has 1 unspecified atom stereocenters. The van der Waals surface area contributed by atoms with Crippen molar-refractivity contribution < 1.29 is 31.6 Å². The standard InChI is InChI=1S/C22H25N4O3.BrH/c27-22(18-2-4-19(5-3-18)26(28)29)14-24-7-1-6-23-20(24)25(22)21-11-15-8-16(12-21)10-17(9-15)13-21;/h1-7,15-17,27H,8-14H2;1H/q+1;/p-1. The van der Waals surface area contributed by atoms with Crippen molar-refractivity contribution in [2.45, 2.75) is 56.3 Å². The van der Waals surface area contributed by atoms with Gasteiger partial charge in [-0.2, -0.15) is 0 Å². The van der Waals surface area contributed by atoms with Crippen molar-refractivity contribution in [3.8, 4) is 0 Å². The molecular formula is C22H25BrN4O3. The van der Waals surface area contributed by atoms with E-state index in [2.05, 4.69) is 9.88 Å². The summed E-state index contributed by atoms with van der Waals surface area (Å²) in [5.74, 6) is 3.02. The molecule has 1 aliphatic heterocycles. The molecular weight excluding hydrogens is 448 g/mol. The second kappa shape index (κ2) is 6.72. The number of benzene rings is 1. The fourth-order valence-electron chi connectivity index (χ4n) is 7.19. The predicted octanol–water partition coefficient (Wildman–Crippen LogP) is -0.0846. The number of nitrogens with zero attached hydrogens (tertiary/aromatic N) is 4. The van der Waals surface area contributed by atoms with Gasteiger partial charge in [-0.3, -0.25) is 10.1 Å². The van der Waals surface area contributed by atoms with Gasteiger partial charge >= 0.3 is 5.95 Å². The van der Waals surface area contributed by atoms with Gasteiger partial charge in [-0.25, -0.2) is 9.47 Å². The van der Waals surface area contributed by atoms with E-state index in [0.717, 1.165) is 43.0 Å². The van der Waals surface area contributed by atoms with Gasteiger partial charge in [0.25, 0.3) is 5.69 Å². The van der Waals surface area contributed by atoms with Crippen molar-refractivity contribution in [2.75, 3.05) is 4.90 Å². The number of hydrogen-bond acceptors (Lipinski definition) is 5. The molecule has 2 heterocycles. The Morgan fingerprint density at radius 3 is 2.27 bits per heavy atom. The second-order valence-corrected chi connectivity index (χ2v) is 9.65. The van der Waals surface area contributed by atoms with Gasteiger partial charge < -0.3 is 22.1 Å². The van der Waals surface area contributed by atoms with Crippen LogP contribution in [0.3, 0.4) is 0 Å². The predicted molar refractivity (Wildman–Crippen MR) is 105 cm³/mol. The lowest BCUT2D eigenvalue weighted by Gasteiger charge is -2.59. The lowest BCUT2D eigenvalue weighted by atomic mass is 9.52. The number of aliphatic hydroxyl groups is 1. The summed E-state index contributed by atoms with van der Waals surface area (Å²) in [6.07, 6.45) is 11.0. The van der Waals surface area contributed by atoms with Gasteiger partial charge in [0.1, 0.15) is 12.7 Å². The van der Waals surface area contributed by atoms with Crippen LogP contribution in [0.25, 0.3) is 0 Å². The highest BCUT2D eigenvalue weighted by atomic mass is 79.9. The first kappa shape index (κ1) is 19.9. The molecule has 0 saturated heterocycles. The molecule has 1 N–H and O–H groups in total. The minimum atomic E-state index is -1.25. The van der Waals surface area contributed by atoms with E-state index < -0.39 is 10.6 Å². The SMILES string of the molecule is O=[N+]([O-])c1ccc(C2(O)C[n+]3cccnc3N2C23CC4CC(CC(C4)C2)C3)cc1.[Br-]. The molecule has 2 aromatic rings. The first-order valence-corrected chi connectivity index (χ1v) is 10.6. The normalized spacial score (nSPS) is 35.8. The molecule has 7 rings (SSSR count). The first-order chi connectivity index (χ1) is 14.0. The van der Waals surface area contributed by atoms with E-state index in [9.17, 15) is 15.2 Å². The minimum Gasteiger partial charge on any atom is -1.00 e. The maximum atomic E-state index is 12.1. The third-order valence-corrected chi connectivity index (χ3v) is 7.78. The number of halogens is 1. The first-order valence-electron chi connectivity index (χ1n) is 10.6. The van der Waals surface area contributed by atoms with Gasteiger partial charge in [-0.15, -0.1) is 0 Å². The Balaban J connectivity index is 0.00000193.